The van der Waals surface area contributed by atoms with Crippen LogP contribution < -0.4 is 0 Å². The number of carboxylic acids is 1. The Morgan fingerprint density at radius 1 is 0.941 bits per heavy atom. The number of hydrogen-bond acceptors (Lipinski definition) is 3. The smallest absolute Gasteiger partial charge is 0.338 e. The summed E-state index contributed by atoms with van der Waals surface area (Å²) in [6.07, 6.45) is 3.77. The summed E-state index contributed by atoms with van der Waals surface area (Å²) >= 11 is 12.9. The quantitative estimate of drug-likeness (QED) is 0.236. The topological polar surface area (TPSA) is 73.5 Å². The molecule has 0 amide bonds. The highest BCUT2D eigenvalue weighted by molar-refractivity contribution is 9.10. The fourth-order valence-corrected chi connectivity index (χ4v) is 5.05. The molecule has 0 fully saturated rings. The van der Waals surface area contributed by atoms with Gasteiger partial charge in [-0.05, 0) is 58.0 Å². The number of esters is 1. The van der Waals surface area contributed by atoms with E-state index in [2.05, 4.69) is 50.3 Å². The Balaban J connectivity index is 0.000000191. The molecule has 2 aromatic carbocycles. The first-order valence-corrected chi connectivity index (χ1v) is 12.5. The molecule has 6 nitrogen and oxygen atoms in total. The molecular weight excluding hydrogens is 588 g/mol. The van der Waals surface area contributed by atoms with Crippen LogP contribution in [0.4, 0.5) is 0 Å². The van der Waals surface area contributed by atoms with Crippen molar-refractivity contribution in [3.63, 3.8) is 0 Å². The lowest BCUT2D eigenvalue weighted by atomic mass is 10.1. The van der Waals surface area contributed by atoms with Crippen LogP contribution in [0.2, 0.25) is 5.02 Å². The standard InChI is InChI=1S/C13H14BrNO2.C12H11BrClNO2/c1-8(2)15-5-4-10-11(13(16)17-3)6-9(14)7-12(10)15;1-6(2)15-5-9(14)11-8(12(16)17)3-7(13)4-10(11)15/h4-8H,1-3H3;3-6H,1-2H3,(H,16,17). The van der Waals surface area contributed by atoms with E-state index in [1.807, 2.05) is 42.8 Å². The zero-order valence-corrected chi connectivity index (χ0v) is 23.3. The molecule has 0 aliphatic carbocycles. The monoisotopic (exact) mass is 610 g/mol. The predicted octanol–water partition coefficient (Wildman–Crippen LogP) is 8.11. The first-order chi connectivity index (χ1) is 16.0. The van der Waals surface area contributed by atoms with Crippen molar-refractivity contribution < 1.29 is 19.4 Å². The van der Waals surface area contributed by atoms with Crippen LogP contribution in [0.3, 0.4) is 0 Å². The van der Waals surface area contributed by atoms with Crippen molar-refractivity contribution in [3.8, 4) is 0 Å². The molecule has 4 aromatic rings. The SMILES string of the molecule is CC(C)n1cc(Cl)c2c(C(=O)O)cc(Br)cc21.COC(=O)c1cc(Br)cc2c1ccn2C(C)C. The van der Waals surface area contributed by atoms with E-state index in [9.17, 15) is 14.7 Å². The van der Waals surface area contributed by atoms with Crippen LogP contribution in [0.1, 0.15) is 60.5 Å². The fourth-order valence-electron chi connectivity index (χ4n) is 3.86. The van der Waals surface area contributed by atoms with Crippen molar-refractivity contribution >= 4 is 77.2 Å². The summed E-state index contributed by atoms with van der Waals surface area (Å²) in [5.74, 6) is -1.28. The van der Waals surface area contributed by atoms with Gasteiger partial charge in [-0.1, -0.05) is 43.5 Å². The maximum atomic E-state index is 11.7. The van der Waals surface area contributed by atoms with Gasteiger partial charge in [0.05, 0.1) is 34.3 Å². The molecule has 34 heavy (non-hydrogen) atoms. The van der Waals surface area contributed by atoms with Crippen molar-refractivity contribution in [2.24, 2.45) is 0 Å². The molecule has 0 saturated heterocycles. The largest absolute Gasteiger partial charge is 0.478 e. The zero-order valence-electron chi connectivity index (χ0n) is 19.4. The van der Waals surface area contributed by atoms with Crippen molar-refractivity contribution in [3.05, 3.63) is 67.8 Å². The summed E-state index contributed by atoms with van der Waals surface area (Å²) in [6.45, 7) is 8.27. The second kappa shape index (κ2) is 10.5. The van der Waals surface area contributed by atoms with E-state index in [4.69, 9.17) is 16.3 Å². The number of hydrogen-bond donors (Lipinski definition) is 1. The number of fused-ring (bicyclic) bond motifs is 2. The lowest BCUT2D eigenvalue weighted by Crippen LogP contribution is -2.03. The number of aromatic carboxylic acids is 1. The average molecular weight is 613 g/mol. The Morgan fingerprint density at radius 2 is 1.50 bits per heavy atom. The van der Waals surface area contributed by atoms with Crippen LogP contribution in [0.25, 0.3) is 21.8 Å². The summed E-state index contributed by atoms with van der Waals surface area (Å²) < 4.78 is 10.5. The molecule has 0 spiro atoms. The minimum atomic E-state index is -0.972. The van der Waals surface area contributed by atoms with Crippen molar-refractivity contribution in [1.82, 2.24) is 9.13 Å². The van der Waals surface area contributed by atoms with E-state index in [0.717, 1.165) is 25.4 Å². The van der Waals surface area contributed by atoms with E-state index in [1.54, 1.807) is 18.3 Å². The Hall–Kier alpha value is -2.29. The molecule has 0 saturated carbocycles. The predicted molar refractivity (Wildman–Crippen MR) is 143 cm³/mol. The van der Waals surface area contributed by atoms with Gasteiger partial charge in [-0.2, -0.15) is 0 Å². The van der Waals surface area contributed by atoms with Gasteiger partial charge in [-0.25, -0.2) is 9.59 Å². The number of ether oxygens (including phenoxy) is 1. The molecule has 0 atom stereocenters. The van der Waals surface area contributed by atoms with Crippen molar-refractivity contribution in [2.45, 2.75) is 39.8 Å². The highest BCUT2D eigenvalue weighted by Crippen LogP contribution is 2.34. The first kappa shape index (κ1) is 26.3. The van der Waals surface area contributed by atoms with Gasteiger partial charge in [-0.3, -0.25) is 0 Å². The Bertz CT molecular complexity index is 1390. The first-order valence-electron chi connectivity index (χ1n) is 10.6. The minimum Gasteiger partial charge on any atom is -0.478 e. The highest BCUT2D eigenvalue weighted by Gasteiger charge is 2.18. The number of carbonyl (C=O) groups excluding carboxylic acids is 1. The maximum absolute atomic E-state index is 11.7. The van der Waals surface area contributed by atoms with Gasteiger partial charge < -0.3 is 19.0 Å². The third-order valence-corrected chi connectivity index (χ3v) is 6.61. The van der Waals surface area contributed by atoms with Crippen LogP contribution in [0.15, 0.2) is 51.7 Å². The van der Waals surface area contributed by atoms with Crippen LogP contribution in [-0.2, 0) is 4.74 Å². The Morgan fingerprint density at radius 3 is 2.03 bits per heavy atom. The number of rotatable bonds is 4. The van der Waals surface area contributed by atoms with Crippen LogP contribution >= 0.6 is 43.5 Å². The van der Waals surface area contributed by atoms with E-state index in [-0.39, 0.29) is 17.6 Å². The molecule has 180 valence electrons. The molecular formula is C25H25Br2ClN2O4. The van der Waals surface area contributed by atoms with E-state index in [0.29, 0.717) is 22.0 Å². The number of aromatic nitrogens is 2. The second-order valence-corrected chi connectivity index (χ2v) is 10.6. The van der Waals surface area contributed by atoms with Gasteiger partial charge >= 0.3 is 11.9 Å². The maximum Gasteiger partial charge on any atom is 0.338 e. The fraction of sp³-hybridized carbons (Fsp3) is 0.280. The highest BCUT2D eigenvalue weighted by atomic mass is 79.9. The lowest BCUT2D eigenvalue weighted by molar-refractivity contribution is 0.0602. The Kier molecular flexibility index (Phi) is 8.16. The summed E-state index contributed by atoms with van der Waals surface area (Å²) in [4.78, 5) is 22.9. The second-order valence-electron chi connectivity index (χ2n) is 8.33. The molecule has 0 aliphatic rings. The lowest BCUT2D eigenvalue weighted by Gasteiger charge is -2.10. The van der Waals surface area contributed by atoms with Crippen molar-refractivity contribution in [1.29, 1.82) is 0 Å². The number of carbonyl (C=O) groups is 2. The number of carboxylic acid groups (broad SMARTS) is 1. The van der Waals surface area contributed by atoms with Crippen LogP contribution in [-0.4, -0.2) is 33.3 Å². The number of nitrogens with zero attached hydrogens (tertiary/aromatic N) is 2. The Labute approximate surface area is 219 Å². The van der Waals surface area contributed by atoms with Crippen LogP contribution in [0.5, 0.6) is 0 Å². The number of benzene rings is 2. The summed E-state index contributed by atoms with van der Waals surface area (Å²) in [5, 5.41) is 11.2. The molecule has 2 aromatic heterocycles. The molecule has 0 unspecified atom stereocenters. The third-order valence-electron chi connectivity index (χ3n) is 5.40. The van der Waals surface area contributed by atoms with Gasteiger partial charge in [0.1, 0.15) is 0 Å². The molecule has 1 N–H and O–H groups in total. The molecule has 9 heteroatoms. The third kappa shape index (κ3) is 5.19. The summed E-state index contributed by atoms with van der Waals surface area (Å²) in [5.41, 5.74) is 2.68. The van der Waals surface area contributed by atoms with E-state index < -0.39 is 5.97 Å². The molecule has 0 bridgehead atoms. The van der Waals surface area contributed by atoms with Gasteiger partial charge in [0.2, 0.25) is 0 Å². The van der Waals surface area contributed by atoms with E-state index >= 15 is 0 Å². The van der Waals surface area contributed by atoms with E-state index in [1.165, 1.54) is 7.11 Å². The van der Waals surface area contributed by atoms with Gasteiger partial charge in [0, 0.05) is 44.2 Å². The van der Waals surface area contributed by atoms with Gasteiger partial charge in [0.25, 0.3) is 0 Å². The van der Waals surface area contributed by atoms with Crippen LogP contribution in [0, 0.1) is 0 Å². The van der Waals surface area contributed by atoms with Gasteiger partial charge in [0.15, 0.2) is 0 Å². The molecule has 2 heterocycles. The number of methoxy groups -OCH3 is 1. The average Bonchev–Trinajstić information content (AvgIpc) is 3.33. The number of halogens is 3. The molecule has 0 radical (unpaired) electrons. The summed E-state index contributed by atoms with van der Waals surface area (Å²) in [6, 6.07) is 9.79. The van der Waals surface area contributed by atoms with Crippen molar-refractivity contribution in [2.75, 3.05) is 7.11 Å². The molecule has 0 aliphatic heterocycles. The normalized spacial score (nSPS) is 11.2. The zero-order chi connectivity index (χ0) is 25.3. The molecule has 4 rings (SSSR count). The minimum absolute atomic E-state index is 0.221. The summed E-state index contributed by atoms with van der Waals surface area (Å²) in [7, 11) is 1.40. The van der Waals surface area contributed by atoms with Gasteiger partial charge in [-0.15, -0.1) is 0 Å².